The second kappa shape index (κ2) is 11.5. The summed E-state index contributed by atoms with van der Waals surface area (Å²) in [4.78, 5) is 17.6. The minimum atomic E-state index is -0.813. The van der Waals surface area contributed by atoms with Crippen molar-refractivity contribution >= 4 is 5.97 Å². The molecule has 2 aromatic carbocycles. The quantitative estimate of drug-likeness (QED) is 0.372. The number of terminal acetylenes is 1. The first-order valence-electron chi connectivity index (χ1n) is 13.4. The van der Waals surface area contributed by atoms with Crippen LogP contribution in [0.4, 0.5) is 4.39 Å². The van der Waals surface area contributed by atoms with E-state index in [0.717, 1.165) is 65.8 Å². The highest BCUT2D eigenvalue weighted by Gasteiger charge is 2.28. The van der Waals surface area contributed by atoms with Gasteiger partial charge in [0.25, 0.3) is 0 Å². The molecule has 5 rings (SSSR count). The summed E-state index contributed by atoms with van der Waals surface area (Å²) in [5.74, 6) is 2.36. The zero-order chi connectivity index (χ0) is 27.5. The van der Waals surface area contributed by atoms with Gasteiger partial charge in [0.2, 0.25) is 5.88 Å². The van der Waals surface area contributed by atoms with Crippen molar-refractivity contribution in [1.82, 2.24) is 9.88 Å². The molecule has 3 atom stereocenters. The van der Waals surface area contributed by atoms with Gasteiger partial charge in [-0.05, 0) is 78.6 Å². The Morgan fingerprint density at radius 2 is 2.13 bits per heavy atom. The number of carbonyl (C=O) groups is 1. The van der Waals surface area contributed by atoms with Crippen molar-refractivity contribution in [2.24, 2.45) is 5.92 Å². The number of hydrogen-bond acceptors (Lipinski definition) is 5. The van der Waals surface area contributed by atoms with Crippen LogP contribution in [-0.4, -0.2) is 40.7 Å². The number of carboxylic acid groups (broad SMARTS) is 1. The number of benzene rings is 2. The van der Waals surface area contributed by atoms with E-state index in [1.165, 1.54) is 13.3 Å². The van der Waals surface area contributed by atoms with Crippen LogP contribution in [0.25, 0.3) is 11.1 Å². The third-order valence-electron chi connectivity index (χ3n) is 7.81. The molecule has 6 nitrogen and oxygen atoms in total. The number of hydrogen-bond donors (Lipinski definition) is 1. The number of likely N-dealkylation sites (tertiary alicyclic amines) is 1. The molecule has 0 aliphatic carbocycles. The van der Waals surface area contributed by atoms with E-state index in [4.69, 9.17) is 15.9 Å². The highest BCUT2D eigenvalue weighted by molar-refractivity contribution is 5.70. The smallest absolute Gasteiger partial charge is 0.306 e. The Labute approximate surface area is 228 Å². The summed E-state index contributed by atoms with van der Waals surface area (Å²) in [5.41, 5.74) is 5.33. The molecule has 1 aromatic heterocycles. The Morgan fingerprint density at radius 3 is 2.90 bits per heavy atom. The SMILES string of the molecule is C#C[C@H]1CCCN1Cc1cc(-c2cc(OC)ncc2F)ccc1C1CCc2ccc(C[C@H](C)C(=O)O)cc2O1. The summed E-state index contributed by atoms with van der Waals surface area (Å²) in [6, 6.07) is 13.7. The molecular weight excluding hydrogens is 495 g/mol. The number of rotatable bonds is 8. The lowest BCUT2D eigenvalue weighted by Crippen LogP contribution is -2.28. The van der Waals surface area contributed by atoms with E-state index in [9.17, 15) is 14.3 Å². The molecule has 1 unspecified atom stereocenters. The topological polar surface area (TPSA) is 71.9 Å². The molecule has 2 aliphatic rings. The Balaban J connectivity index is 1.49. The van der Waals surface area contributed by atoms with Crippen molar-refractivity contribution < 1.29 is 23.8 Å². The summed E-state index contributed by atoms with van der Waals surface area (Å²) in [6.07, 6.45) is 10.9. The minimum absolute atomic E-state index is 0.0750. The Morgan fingerprint density at radius 1 is 1.28 bits per heavy atom. The lowest BCUT2D eigenvalue weighted by Gasteiger charge is -2.30. The van der Waals surface area contributed by atoms with Gasteiger partial charge < -0.3 is 14.6 Å². The van der Waals surface area contributed by atoms with Gasteiger partial charge in [0.05, 0.1) is 25.3 Å². The first-order valence-corrected chi connectivity index (χ1v) is 13.4. The Kier molecular flexibility index (Phi) is 7.85. The van der Waals surface area contributed by atoms with E-state index in [1.807, 2.05) is 36.4 Å². The van der Waals surface area contributed by atoms with Crippen molar-refractivity contribution in [2.75, 3.05) is 13.7 Å². The first-order chi connectivity index (χ1) is 18.9. The molecule has 0 amide bonds. The van der Waals surface area contributed by atoms with E-state index < -0.39 is 17.7 Å². The summed E-state index contributed by atoms with van der Waals surface area (Å²) >= 11 is 0. The maximum Gasteiger partial charge on any atom is 0.306 e. The van der Waals surface area contributed by atoms with E-state index in [2.05, 4.69) is 15.8 Å². The van der Waals surface area contributed by atoms with Gasteiger partial charge in [-0.25, -0.2) is 9.37 Å². The molecule has 202 valence electrons. The second-order valence-electron chi connectivity index (χ2n) is 10.4. The first kappa shape index (κ1) is 26.7. The van der Waals surface area contributed by atoms with E-state index in [0.29, 0.717) is 24.4 Å². The predicted molar refractivity (Wildman–Crippen MR) is 147 cm³/mol. The zero-order valence-corrected chi connectivity index (χ0v) is 22.3. The molecule has 0 saturated carbocycles. The predicted octanol–water partition coefficient (Wildman–Crippen LogP) is 5.82. The van der Waals surface area contributed by atoms with Gasteiger partial charge in [-0.1, -0.05) is 37.1 Å². The van der Waals surface area contributed by atoms with Gasteiger partial charge in [0, 0.05) is 18.2 Å². The van der Waals surface area contributed by atoms with Crippen LogP contribution in [0, 0.1) is 24.1 Å². The number of carboxylic acids is 1. The molecule has 0 radical (unpaired) electrons. The number of aryl methyl sites for hydroxylation is 1. The fourth-order valence-corrected chi connectivity index (χ4v) is 5.60. The highest BCUT2D eigenvalue weighted by Crippen LogP contribution is 2.39. The van der Waals surface area contributed by atoms with Gasteiger partial charge in [-0.3, -0.25) is 9.69 Å². The Bertz CT molecular complexity index is 1420. The fourth-order valence-electron chi connectivity index (χ4n) is 5.60. The minimum Gasteiger partial charge on any atom is -0.485 e. The number of methoxy groups -OCH3 is 1. The second-order valence-corrected chi connectivity index (χ2v) is 10.4. The maximum atomic E-state index is 14.8. The third-order valence-corrected chi connectivity index (χ3v) is 7.81. The molecule has 2 aliphatic heterocycles. The van der Waals surface area contributed by atoms with Crippen molar-refractivity contribution in [2.45, 2.75) is 57.7 Å². The average molecular weight is 529 g/mol. The zero-order valence-electron chi connectivity index (χ0n) is 22.3. The van der Waals surface area contributed by atoms with Crippen LogP contribution in [0.15, 0.2) is 48.7 Å². The number of aromatic nitrogens is 1. The van der Waals surface area contributed by atoms with Crippen LogP contribution in [-0.2, 0) is 24.2 Å². The van der Waals surface area contributed by atoms with E-state index in [1.54, 1.807) is 13.0 Å². The summed E-state index contributed by atoms with van der Waals surface area (Å²) in [7, 11) is 1.51. The van der Waals surface area contributed by atoms with Crippen LogP contribution in [0.5, 0.6) is 11.6 Å². The molecule has 1 N–H and O–H groups in total. The van der Waals surface area contributed by atoms with E-state index >= 15 is 0 Å². The molecule has 39 heavy (non-hydrogen) atoms. The van der Waals surface area contributed by atoms with Crippen molar-refractivity contribution in [1.29, 1.82) is 0 Å². The normalized spacial score (nSPS) is 19.5. The fraction of sp³-hybridized carbons (Fsp3) is 0.375. The monoisotopic (exact) mass is 528 g/mol. The summed E-state index contributed by atoms with van der Waals surface area (Å²) in [5, 5.41) is 9.33. The standard InChI is InChI=1S/C32H33FN2O4/c1-4-25-6-5-13-35(25)19-24-16-23(27-17-31(38-3)34-18-28(27)33)9-11-26(24)29-12-10-22-8-7-21(15-30(22)39-29)14-20(2)32(36)37/h1,7-9,11,15-18,20,25,29H,5-6,10,12-14,19H2,2-3H3,(H,36,37)/t20-,25-,29?/m0/s1. The number of halogens is 1. The van der Waals surface area contributed by atoms with Gasteiger partial charge in [-0.2, -0.15) is 0 Å². The highest BCUT2D eigenvalue weighted by atomic mass is 19.1. The Hall–Kier alpha value is -3.89. The van der Waals surface area contributed by atoms with Crippen LogP contribution >= 0.6 is 0 Å². The van der Waals surface area contributed by atoms with Gasteiger partial charge in [0.1, 0.15) is 17.7 Å². The lowest BCUT2D eigenvalue weighted by molar-refractivity contribution is -0.141. The molecule has 7 heteroatoms. The summed E-state index contributed by atoms with van der Waals surface area (Å²) in [6.45, 7) is 3.27. The molecule has 3 heterocycles. The number of fused-ring (bicyclic) bond motifs is 1. The van der Waals surface area contributed by atoms with E-state index in [-0.39, 0.29) is 12.1 Å². The maximum absolute atomic E-state index is 14.8. The van der Waals surface area contributed by atoms with Crippen molar-refractivity contribution in [3.05, 3.63) is 76.7 Å². The molecule has 1 fully saturated rings. The van der Waals surface area contributed by atoms with Crippen LogP contribution in [0.2, 0.25) is 0 Å². The number of aliphatic carboxylic acids is 1. The number of pyridine rings is 1. The summed E-state index contributed by atoms with van der Waals surface area (Å²) < 4.78 is 26.6. The van der Waals surface area contributed by atoms with Crippen molar-refractivity contribution in [3.63, 3.8) is 0 Å². The van der Waals surface area contributed by atoms with Crippen LogP contribution in [0.1, 0.15) is 54.5 Å². The van der Waals surface area contributed by atoms with Gasteiger partial charge >= 0.3 is 5.97 Å². The number of ether oxygens (including phenoxy) is 2. The molecule has 3 aromatic rings. The average Bonchev–Trinajstić information content (AvgIpc) is 3.40. The van der Waals surface area contributed by atoms with Gasteiger partial charge in [-0.15, -0.1) is 6.42 Å². The molecular formula is C32H33FN2O4. The van der Waals surface area contributed by atoms with Crippen LogP contribution < -0.4 is 9.47 Å². The molecule has 0 bridgehead atoms. The van der Waals surface area contributed by atoms with Gasteiger partial charge in [0.15, 0.2) is 0 Å². The molecule has 0 spiro atoms. The molecule has 1 saturated heterocycles. The lowest BCUT2D eigenvalue weighted by atomic mass is 9.90. The largest absolute Gasteiger partial charge is 0.485 e. The number of nitrogens with zero attached hydrogens (tertiary/aromatic N) is 2. The van der Waals surface area contributed by atoms with Crippen molar-refractivity contribution in [3.8, 4) is 35.1 Å². The van der Waals surface area contributed by atoms with Crippen LogP contribution in [0.3, 0.4) is 0 Å². The third kappa shape index (κ3) is 5.76.